The largest absolute Gasteiger partial charge is 0.481 e. The van der Waals surface area contributed by atoms with Gasteiger partial charge in [-0.3, -0.25) is 4.79 Å². The predicted molar refractivity (Wildman–Crippen MR) is 85.2 cm³/mol. The van der Waals surface area contributed by atoms with Crippen LogP contribution in [0.15, 0.2) is 28.7 Å². The number of rotatable bonds is 3. The van der Waals surface area contributed by atoms with Gasteiger partial charge < -0.3 is 5.11 Å². The third kappa shape index (κ3) is 2.25. The molecular formula is C18H21BrO2. The highest BCUT2D eigenvalue weighted by molar-refractivity contribution is 9.10. The lowest BCUT2D eigenvalue weighted by Crippen LogP contribution is -2.54. The average Bonchev–Trinajstić information content (AvgIpc) is 2.35. The van der Waals surface area contributed by atoms with E-state index in [0.717, 1.165) is 35.6 Å². The number of benzene rings is 1. The Bertz CT molecular complexity index is 563. The van der Waals surface area contributed by atoms with E-state index in [2.05, 4.69) is 40.2 Å². The average molecular weight is 349 g/mol. The summed E-state index contributed by atoms with van der Waals surface area (Å²) in [5.41, 5.74) is 1.76. The number of hydrogen-bond donors (Lipinski definition) is 1. The molecule has 4 fully saturated rings. The van der Waals surface area contributed by atoms with Crippen LogP contribution in [0.2, 0.25) is 0 Å². The Labute approximate surface area is 134 Å². The lowest BCUT2D eigenvalue weighted by molar-refractivity contribution is -0.146. The molecule has 1 N–H and O–H groups in total. The van der Waals surface area contributed by atoms with Crippen LogP contribution < -0.4 is 0 Å². The number of carboxylic acids is 1. The Hall–Kier alpha value is -0.830. The third-order valence-electron chi connectivity index (χ3n) is 6.17. The van der Waals surface area contributed by atoms with Gasteiger partial charge in [0.25, 0.3) is 0 Å². The molecule has 5 rings (SSSR count). The van der Waals surface area contributed by atoms with Crippen LogP contribution in [0.1, 0.15) is 50.5 Å². The van der Waals surface area contributed by atoms with Crippen molar-refractivity contribution >= 4 is 21.9 Å². The van der Waals surface area contributed by atoms with Crippen molar-refractivity contribution in [2.24, 2.45) is 17.3 Å². The van der Waals surface area contributed by atoms with Crippen LogP contribution in [0.25, 0.3) is 0 Å². The summed E-state index contributed by atoms with van der Waals surface area (Å²) in [5, 5.41) is 9.36. The minimum Gasteiger partial charge on any atom is -0.481 e. The Balaban J connectivity index is 1.73. The quantitative estimate of drug-likeness (QED) is 0.854. The van der Waals surface area contributed by atoms with Crippen molar-refractivity contribution in [2.45, 2.75) is 50.4 Å². The van der Waals surface area contributed by atoms with Crippen LogP contribution in [-0.4, -0.2) is 11.1 Å². The molecule has 0 saturated heterocycles. The van der Waals surface area contributed by atoms with Crippen LogP contribution in [0.5, 0.6) is 0 Å². The van der Waals surface area contributed by atoms with Gasteiger partial charge in [0.15, 0.2) is 0 Å². The van der Waals surface area contributed by atoms with Crippen LogP contribution >= 0.6 is 15.9 Å². The zero-order valence-corrected chi connectivity index (χ0v) is 13.7. The topological polar surface area (TPSA) is 37.3 Å². The van der Waals surface area contributed by atoms with Crippen molar-refractivity contribution in [1.82, 2.24) is 0 Å². The van der Waals surface area contributed by atoms with Gasteiger partial charge in [0.1, 0.15) is 0 Å². The number of aliphatic carboxylic acids is 1. The van der Waals surface area contributed by atoms with E-state index in [1.807, 2.05) is 0 Å². The molecule has 2 atom stereocenters. The summed E-state index contributed by atoms with van der Waals surface area (Å²) in [6, 6.07) is 8.78. The second-order valence-electron chi connectivity index (χ2n) is 7.82. The zero-order chi connectivity index (χ0) is 14.7. The van der Waals surface area contributed by atoms with Crippen LogP contribution in [0.3, 0.4) is 0 Å². The SMILES string of the molecule is O=C(O)CC12CC3CC(C1)CC(c1ccc(Br)cc1)(C3)C2. The van der Waals surface area contributed by atoms with Crippen molar-refractivity contribution < 1.29 is 9.90 Å². The van der Waals surface area contributed by atoms with Gasteiger partial charge in [-0.15, -0.1) is 0 Å². The lowest BCUT2D eigenvalue weighted by Gasteiger charge is -2.62. The first-order valence-corrected chi connectivity index (χ1v) is 8.76. The van der Waals surface area contributed by atoms with Crippen molar-refractivity contribution in [1.29, 1.82) is 0 Å². The molecule has 4 aliphatic carbocycles. The summed E-state index contributed by atoms with van der Waals surface area (Å²) < 4.78 is 1.12. The van der Waals surface area contributed by atoms with Crippen LogP contribution in [-0.2, 0) is 10.2 Å². The van der Waals surface area contributed by atoms with E-state index >= 15 is 0 Å². The first kappa shape index (κ1) is 13.8. The third-order valence-corrected chi connectivity index (χ3v) is 6.69. The normalized spacial score (nSPS) is 40.4. The van der Waals surface area contributed by atoms with Crippen LogP contribution in [0, 0.1) is 17.3 Å². The Morgan fingerprint density at radius 2 is 1.76 bits per heavy atom. The fourth-order valence-electron chi connectivity index (χ4n) is 6.12. The van der Waals surface area contributed by atoms with Crippen molar-refractivity contribution in [3.05, 3.63) is 34.3 Å². The molecule has 1 aromatic rings. The molecule has 0 heterocycles. The first-order valence-electron chi connectivity index (χ1n) is 7.97. The molecule has 4 saturated carbocycles. The summed E-state index contributed by atoms with van der Waals surface area (Å²) in [7, 11) is 0. The summed E-state index contributed by atoms with van der Waals surface area (Å²) in [6.45, 7) is 0. The summed E-state index contributed by atoms with van der Waals surface area (Å²) in [4.78, 5) is 11.4. The summed E-state index contributed by atoms with van der Waals surface area (Å²) in [6.07, 6.45) is 7.63. The maximum absolute atomic E-state index is 11.4. The molecule has 0 spiro atoms. The molecule has 112 valence electrons. The van der Waals surface area contributed by atoms with Gasteiger partial charge in [0.2, 0.25) is 0 Å². The predicted octanol–water partition coefficient (Wildman–Crippen LogP) is 4.76. The molecular weight excluding hydrogens is 328 g/mol. The highest BCUT2D eigenvalue weighted by Gasteiger charge is 2.58. The van der Waals surface area contributed by atoms with Crippen molar-refractivity contribution in [3.63, 3.8) is 0 Å². The fraction of sp³-hybridized carbons (Fsp3) is 0.611. The van der Waals surface area contributed by atoms with Crippen LogP contribution in [0.4, 0.5) is 0 Å². The first-order chi connectivity index (χ1) is 9.99. The van der Waals surface area contributed by atoms with E-state index in [-0.39, 0.29) is 10.8 Å². The van der Waals surface area contributed by atoms with E-state index in [1.54, 1.807) is 0 Å². The molecule has 2 nitrogen and oxygen atoms in total. The number of halogens is 1. The minimum absolute atomic E-state index is 0.0724. The molecule has 0 aromatic heterocycles. The molecule has 2 unspecified atom stereocenters. The van der Waals surface area contributed by atoms with E-state index in [4.69, 9.17) is 0 Å². The number of carboxylic acid groups (broad SMARTS) is 1. The van der Waals surface area contributed by atoms with E-state index in [9.17, 15) is 9.90 Å². The van der Waals surface area contributed by atoms with Gasteiger partial charge in [-0.25, -0.2) is 0 Å². The number of carbonyl (C=O) groups is 1. The maximum Gasteiger partial charge on any atom is 0.303 e. The second kappa shape index (κ2) is 4.58. The Kier molecular flexibility index (Phi) is 3.01. The summed E-state index contributed by atoms with van der Waals surface area (Å²) >= 11 is 3.52. The van der Waals surface area contributed by atoms with Crippen molar-refractivity contribution in [2.75, 3.05) is 0 Å². The van der Waals surface area contributed by atoms with Gasteiger partial charge in [-0.2, -0.15) is 0 Å². The summed E-state index contributed by atoms with van der Waals surface area (Å²) in [5.74, 6) is 0.881. The zero-order valence-electron chi connectivity index (χ0n) is 12.1. The van der Waals surface area contributed by atoms with Gasteiger partial charge in [0.05, 0.1) is 6.42 Å². The molecule has 0 aliphatic heterocycles. The maximum atomic E-state index is 11.4. The molecule has 4 aliphatic rings. The Morgan fingerprint density at radius 1 is 1.14 bits per heavy atom. The molecule has 21 heavy (non-hydrogen) atoms. The number of hydrogen-bond acceptors (Lipinski definition) is 1. The monoisotopic (exact) mass is 348 g/mol. The smallest absolute Gasteiger partial charge is 0.303 e. The van der Waals surface area contributed by atoms with Gasteiger partial charge in [-0.05, 0) is 78.9 Å². The van der Waals surface area contributed by atoms with E-state index in [0.29, 0.717) is 6.42 Å². The highest BCUT2D eigenvalue weighted by Crippen LogP contribution is 2.66. The highest BCUT2D eigenvalue weighted by atomic mass is 79.9. The second-order valence-corrected chi connectivity index (χ2v) is 8.73. The van der Waals surface area contributed by atoms with E-state index in [1.165, 1.54) is 24.8 Å². The van der Waals surface area contributed by atoms with E-state index < -0.39 is 5.97 Å². The fourth-order valence-corrected chi connectivity index (χ4v) is 6.39. The molecule has 1 aromatic carbocycles. The van der Waals surface area contributed by atoms with Gasteiger partial charge >= 0.3 is 5.97 Å². The van der Waals surface area contributed by atoms with Crippen molar-refractivity contribution in [3.8, 4) is 0 Å². The minimum atomic E-state index is -0.608. The molecule has 0 radical (unpaired) electrons. The van der Waals surface area contributed by atoms with Gasteiger partial charge in [-0.1, -0.05) is 28.1 Å². The van der Waals surface area contributed by atoms with Gasteiger partial charge in [0, 0.05) is 4.47 Å². The lowest BCUT2D eigenvalue weighted by atomic mass is 9.42. The standard InChI is InChI=1S/C18H21BrO2/c19-15-3-1-14(2-4-15)18-8-12-5-13(9-18)7-17(6-12,11-18)10-16(20)21/h1-4,12-13H,5-11H2,(H,20,21). The molecule has 3 heteroatoms. The molecule has 0 amide bonds. The molecule has 4 bridgehead atoms. The Morgan fingerprint density at radius 3 is 2.33 bits per heavy atom.